The maximum Gasteiger partial charge on any atom is 0.251 e. The molecular formula is C15H17N3O. The summed E-state index contributed by atoms with van der Waals surface area (Å²) in [6.07, 6.45) is 1.63. The normalized spacial score (nSPS) is 11.9. The number of hydrogen-bond donors (Lipinski definition) is 2. The van der Waals surface area contributed by atoms with Crippen LogP contribution in [0.4, 0.5) is 0 Å². The van der Waals surface area contributed by atoms with Crippen LogP contribution in [0, 0.1) is 6.92 Å². The van der Waals surface area contributed by atoms with Gasteiger partial charge in [0.2, 0.25) is 0 Å². The van der Waals surface area contributed by atoms with Crippen molar-refractivity contribution in [2.24, 2.45) is 5.73 Å². The lowest BCUT2D eigenvalue weighted by atomic mass is 10.1. The molecule has 0 aliphatic heterocycles. The van der Waals surface area contributed by atoms with E-state index in [1.807, 2.05) is 37.3 Å². The van der Waals surface area contributed by atoms with E-state index in [2.05, 4.69) is 10.3 Å². The molecule has 1 heterocycles. The topological polar surface area (TPSA) is 68.0 Å². The lowest BCUT2D eigenvalue weighted by molar-refractivity contribution is 0.0937. The fraction of sp³-hybridized carbons (Fsp3) is 0.200. The highest BCUT2D eigenvalue weighted by molar-refractivity contribution is 5.94. The van der Waals surface area contributed by atoms with Crippen molar-refractivity contribution >= 4 is 5.91 Å². The number of nitrogens with two attached hydrogens (primary N) is 1. The molecule has 0 saturated carbocycles. The van der Waals surface area contributed by atoms with Gasteiger partial charge in [0.1, 0.15) is 0 Å². The Balaban J connectivity index is 2.13. The molecule has 3 N–H and O–H groups in total. The quantitative estimate of drug-likeness (QED) is 0.875. The molecule has 0 saturated heterocycles. The minimum atomic E-state index is -0.179. The molecule has 1 atom stereocenters. The third-order valence-electron chi connectivity index (χ3n) is 2.90. The van der Waals surface area contributed by atoms with Crippen LogP contribution in [0.2, 0.25) is 0 Å². The van der Waals surface area contributed by atoms with Crippen LogP contribution in [0.3, 0.4) is 0 Å². The number of benzene rings is 1. The maximum absolute atomic E-state index is 12.1. The molecule has 98 valence electrons. The zero-order valence-corrected chi connectivity index (χ0v) is 10.8. The van der Waals surface area contributed by atoms with E-state index in [9.17, 15) is 4.79 Å². The van der Waals surface area contributed by atoms with Gasteiger partial charge in [0, 0.05) is 24.0 Å². The van der Waals surface area contributed by atoms with Gasteiger partial charge >= 0.3 is 0 Å². The first kappa shape index (κ1) is 13.2. The average molecular weight is 255 g/mol. The van der Waals surface area contributed by atoms with E-state index in [1.54, 1.807) is 18.3 Å². The van der Waals surface area contributed by atoms with Crippen molar-refractivity contribution in [2.75, 3.05) is 6.54 Å². The molecule has 4 nitrogen and oxygen atoms in total. The van der Waals surface area contributed by atoms with Gasteiger partial charge in [0.05, 0.1) is 6.04 Å². The first-order valence-corrected chi connectivity index (χ1v) is 6.19. The summed E-state index contributed by atoms with van der Waals surface area (Å²) in [5.74, 6) is -0.134. The molecule has 2 aromatic rings. The highest BCUT2D eigenvalue weighted by Gasteiger charge is 2.14. The highest BCUT2D eigenvalue weighted by Crippen LogP contribution is 2.12. The standard InChI is InChI=1S/C15H17N3O/c1-11-9-13(7-8-17-11)15(19)18-14(10-16)12-5-3-2-4-6-12/h2-9,14H,10,16H2,1H3,(H,18,19). The molecule has 1 aromatic heterocycles. The monoisotopic (exact) mass is 255 g/mol. The van der Waals surface area contributed by atoms with Gasteiger partial charge in [-0.1, -0.05) is 30.3 Å². The molecule has 0 aliphatic carbocycles. The van der Waals surface area contributed by atoms with Crippen molar-refractivity contribution in [3.05, 3.63) is 65.5 Å². The molecule has 0 aliphatic rings. The van der Waals surface area contributed by atoms with Crippen LogP contribution in [0.5, 0.6) is 0 Å². The molecule has 1 amide bonds. The van der Waals surface area contributed by atoms with Gasteiger partial charge in [0.25, 0.3) is 5.91 Å². The Bertz CT molecular complexity index is 554. The van der Waals surface area contributed by atoms with Gasteiger partial charge in [-0.15, -0.1) is 0 Å². The summed E-state index contributed by atoms with van der Waals surface area (Å²) in [5.41, 5.74) is 8.15. The fourth-order valence-electron chi connectivity index (χ4n) is 1.89. The SMILES string of the molecule is Cc1cc(C(=O)NC(CN)c2ccccc2)ccn1. The molecule has 0 radical (unpaired) electrons. The Morgan fingerprint density at radius 2 is 2.05 bits per heavy atom. The highest BCUT2D eigenvalue weighted by atomic mass is 16.1. The molecule has 2 rings (SSSR count). The van der Waals surface area contributed by atoms with E-state index < -0.39 is 0 Å². The summed E-state index contributed by atoms with van der Waals surface area (Å²) in [6, 6.07) is 13.0. The van der Waals surface area contributed by atoms with Gasteiger partial charge in [-0.05, 0) is 24.6 Å². The second-order valence-corrected chi connectivity index (χ2v) is 4.36. The second-order valence-electron chi connectivity index (χ2n) is 4.36. The van der Waals surface area contributed by atoms with E-state index in [-0.39, 0.29) is 11.9 Å². The Labute approximate surface area is 112 Å². The lowest BCUT2D eigenvalue weighted by Crippen LogP contribution is -2.33. The van der Waals surface area contributed by atoms with Crippen LogP contribution in [0.25, 0.3) is 0 Å². The van der Waals surface area contributed by atoms with E-state index in [0.29, 0.717) is 12.1 Å². The molecule has 0 fully saturated rings. The number of carbonyl (C=O) groups is 1. The summed E-state index contributed by atoms with van der Waals surface area (Å²) in [4.78, 5) is 16.2. The third-order valence-corrected chi connectivity index (χ3v) is 2.90. The summed E-state index contributed by atoms with van der Waals surface area (Å²) >= 11 is 0. The molecule has 1 aromatic carbocycles. The summed E-state index contributed by atoms with van der Waals surface area (Å²) < 4.78 is 0. The van der Waals surface area contributed by atoms with Gasteiger partial charge in [0.15, 0.2) is 0 Å². The Hall–Kier alpha value is -2.20. The minimum Gasteiger partial charge on any atom is -0.344 e. The Morgan fingerprint density at radius 3 is 2.68 bits per heavy atom. The van der Waals surface area contributed by atoms with Crippen LogP contribution >= 0.6 is 0 Å². The summed E-state index contributed by atoms with van der Waals surface area (Å²) in [6.45, 7) is 2.22. The van der Waals surface area contributed by atoms with Crippen LogP contribution in [-0.4, -0.2) is 17.4 Å². The zero-order valence-electron chi connectivity index (χ0n) is 10.8. The van der Waals surface area contributed by atoms with Gasteiger partial charge in [-0.2, -0.15) is 0 Å². The zero-order chi connectivity index (χ0) is 13.7. The van der Waals surface area contributed by atoms with Crippen LogP contribution in [0.1, 0.15) is 27.7 Å². The molecule has 0 spiro atoms. The number of nitrogens with one attached hydrogen (secondary N) is 1. The van der Waals surface area contributed by atoms with Crippen molar-refractivity contribution in [1.29, 1.82) is 0 Å². The molecule has 1 unspecified atom stereocenters. The van der Waals surface area contributed by atoms with Crippen molar-refractivity contribution < 1.29 is 4.79 Å². The van der Waals surface area contributed by atoms with Crippen molar-refractivity contribution in [3.63, 3.8) is 0 Å². The fourth-order valence-corrected chi connectivity index (χ4v) is 1.89. The minimum absolute atomic E-state index is 0.134. The Morgan fingerprint density at radius 1 is 1.32 bits per heavy atom. The molecule has 19 heavy (non-hydrogen) atoms. The number of hydrogen-bond acceptors (Lipinski definition) is 3. The number of pyridine rings is 1. The third kappa shape index (κ3) is 3.39. The van der Waals surface area contributed by atoms with Crippen LogP contribution < -0.4 is 11.1 Å². The van der Waals surface area contributed by atoms with Crippen molar-refractivity contribution in [3.8, 4) is 0 Å². The average Bonchev–Trinajstić information content (AvgIpc) is 2.45. The van der Waals surface area contributed by atoms with E-state index in [4.69, 9.17) is 5.73 Å². The van der Waals surface area contributed by atoms with E-state index in [0.717, 1.165) is 11.3 Å². The molecule has 0 bridgehead atoms. The van der Waals surface area contributed by atoms with Crippen LogP contribution in [0.15, 0.2) is 48.7 Å². The van der Waals surface area contributed by atoms with Crippen molar-refractivity contribution in [1.82, 2.24) is 10.3 Å². The van der Waals surface area contributed by atoms with Gasteiger partial charge < -0.3 is 11.1 Å². The summed E-state index contributed by atoms with van der Waals surface area (Å²) in [5, 5.41) is 2.93. The number of aryl methyl sites for hydroxylation is 1. The second kappa shape index (κ2) is 6.11. The van der Waals surface area contributed by atoms with Gasteiger partial charge in [-0.3, -0.25) is 9.78 Å². The number of rotatable bonds is 4. The Kier molecular flexibility index (Phi) is 4.26. The predicted octanol–water partition coefficient (Wildman–Crippen LogP) is 1.82. The van der Waals surface area contributed by atoms with E-state index >= 15 is 0 Å². The predicted molar refractivity (Wildman–Crippen MR) is 74.7 cm³/mol. The lowest BCUT2D eigenvalue weighted by Gasteiger charge is -2.17. The maximum atomic E-state index is 12.1. The number of aromatic nitrogens is 1. The molecule has 4 heteroatoms. The van der Waals surface area contributed by atoms with Gasteiger partial charge in [-0.25, -0.2) is 0 Å². The largest absolute Gasteiger partial charge is 0.344 e. The first-order chi connectivity index (χ1) is 9.20. The van der Waals surface area contributed by atoms with E-state index in [1.165, 1.54) is 0 Å². The summed E-state index contributed by atoms with van der Waals surface area (Å²) in [7, 11) is 0. The number of carbonyl (C=O) groups excluding carboxylic acids is 1. The van der Waals surface area contributed by atoms with Crippen molar-refractivity contribution in [2.45, 2.75) is 13.0 Å². The number of amides is 1. The number of nitrogens with zero attached hydrogens (tertiary/aromatic N) is 1. The van der Waals surface area contributed by atoms with Crippen LogP contribution in [-0.2, 0) is 0 Å². The first-order valence-electron chi connectivity index (χ1n) is 6.19. The molecular weight excluding hydrogens is 238 g/mol. The smallest absolute Gasteiger partial charge is 0.251 e.